The van der Waals surface area contributed by atoms with E-state index in [9.17, 15) is 9.59 Å². The summed E-state index contributed by atoms with van der Waals surface area (Å²) in [6.45, 7) is 4.91. The first-order chi connectivity index (χ1) is 14.8. The molecule has 0 saturated carbocycles. The predicted molar refractivity (Wildman–Crippen MR) is 113 cm³/mol. The van der Waals surface area contributed by atoms with Crippen molar-refractivity contribution in [3.63, 3.8) is 0 Å². The maximum atomic E-state index is 12.8. The van der Waals surface area contributed by atoms with Crippen LogP contribution in [0.4, 0.5) is 0 Å². The van der Waals surface area contributed by atoms with Crippen molar-refractivity contribution in [2.24, 2.45) is 5.73 Å². The Morgan fingerprint density at radius 1 is 1.32 bits per heavy atom. The third-order valence-corrected chi connectivity index (χ3v) is 5.22. The molecule has 2 heterocycles. The molecule has 1 aromatic carbocycles. The highest BCUT2D eigenvalue weighted by molar-refractivity contribution is 6.30. The van der Waals surface area contributed by atoms with Gasteiger partial charge in [0.25, 0.3) is 0 Å². The van der Waals surface area contributed by atoms with Gasteiger partial charge in [-0.2, -0.15) is 4.98 Å². The molecule has 0 unspecified atom stereocenters. The Labute approximate surface area is 185 Å². The minimum Gasteiger partial charge on any atom is -0.490 e. The standard InChI is InChI=1S/C21H27ClN4O5/c1-14(2)20-24-18(31-25-20)7-8-19(28)26-9-10-30-21(12-26,11-17(23)27)13-29-16-5-3-15(22)4-6-16/h3-6,14H,7-13H2,1-2H3,(H2,23,27)/t21-/m0/s1. The Kier molecular flexibility index (Phi) is 7.50. The van der Waals surface area contributed by atoms with E-state index in [-0.39, 0.29) is 44.4 Å². The van der Waals surface area contributed by atoms with Gasteiger partial charge in [-0.05, 0) is 24.3 Å². The highest BCUT2D eigenvalue weighted by Gasteiger charge is 2.40. The summed E-state index contributed by atoms with van der Waals surface area (Å²) in [5, 5.41) is 4.50. The number of nitrogens with two attached hydrogens (primary N) is 1. The highest BCUT2D eigenvalue weighted by atomic mass is 35.5. The maximum absolute atomic E-state index is 12.8. The van der Waals surface area contributed by atoms with Gasteiger partial charge in [0.15, 0.2) is 5.82 Å². The van der Waals surface area contributed by atoms with E-state index < -0.39 is 11.5 Å². The van der Waals surface area contributed by atoms with Gasteiger partial charge in [-0.25, -0.2) is 0 Å². The number of hydrogen-bond donors (Lipinski definition) is 1. The molecule has 2 N–H and O–H groups in total. The van der Waals surface area contributed by atoms with Crippen molar-refractivity contribution in [1.82, 2.24) is 15.0 Å². The van der Waals surface area contributed by atoms with E-state index >= 15 is 0 Å². The van der Waals surface area contributed by atoms with E-state index in [4.69, 9.17) is 31.3 Å². The number of amides is 2. The summed E-state index contributed by atoms with van der Waals surface area (Å²) in [6.07, 6.45) is 0.496. The van der Waals surface area contributed by atoms with Crippen LogP contribution >= 0.6 is 11.6 Å². The molecular weight excluding hydrogens is 424 g/mol. The number of primary amides is 1. The molecule has 2 amide bonds. The lowest BCUT2D eigenvalue weighted by atomic mass is 9.97. The van der Waals surface area contributed by atoms with Crippen LogP contribution in [0.25, 0.3) is 0 Å². The van der Waals surface area contributed by atoms with Crippen molar-refractivity contribution < 1.29 is 23.6 Å². The van der Waals surface area contributed by atoms with Crippen LogP contribution in [0.1, 0.15) is 44.3 Å². The summed E-state index contributed by atoms with van der Waals surface area (Å²) in [5.41, 5.74) is 4.44. The Hall–Kier alpha value is -2.65. The second-order valence-electron chi connectivity index (χ2n) is 7.93. The number of ether oxygens (including phenoxy) is 2. The molecule has 10 heteroatoms. The summed E-state index contributed by atoms with van der Waals surface area (Å²) in [4.78, 5) is 30.5. The molecule has 1 fully saturated rings. The van der Waals surface area contributed by atoms with Crippen LogP contribution in [-0.4, -0.2) is 58.8 Å². The molecule has 0 spiro atoms. The predicted octanol–water partition coefficient (Wildman–Crippen LogP) is 2.33. The fraction of sp³-hybridized carbons (Fsp3) is 0.524. The Balaban J connectivity index is 1.62. The Morgan fingerprint density at radius 2 is 2.06 bits per heavy atom. The first-order valence-electron chi connectivity index (χ1n) is 10.2. The zero-order valence-corrected chi connectivity index (χ0v) is 18.4. The van der Waals surface area contributed by atoms with Crippen molar-refractivity contribution >= 4 is 23.4 Å². The summed E-state index contributed by atoms with van der Waals surface area (Å²) in [7, 11) is 0. The molecule has 31 heavy (non-hydrogen) atoms. The zero-order valence-electron chi connectivity index (χ0n) is 17.7. The molecule has 1 aromatic heterocycles. The van der Waals surface area contributed by atoms with Gasteiger partial charge in [-0.15, -0.1) is 0 Å². The lowest BCUT2D eigenvalue weighted by Gasteiger charge is -2.42. The van der Waals surface area contributed by atoms with Gasteiger partial charge in [0.2, 0.25) is 17.7 Å². The summed E-state index contributed by atoms with van der Waals surface area (Å²) >= 11 is 5.90. The van der Waals surface area contributed by atoms with Crippen molar-refractivity contribution in [1.29, 1.82) is 0 Å². The number of carbonyl (C=O) groups is 2. The third kappa shape index (κ3) is 6.41. The molecule has 0 radical (unpaired) electrons. The number of aryl methyl sites for hydroxylation is 1. The van der Waals surface area contributed by atoms with Gasteiger partial charge < -0.3 is 24.6 Å². The molecule has 0 bridgehead atoms. The van der Waals surface area contributed by atoms with Crippen LogP contribution < -0.4 is 10.5 Å². The number of aromatic nitrogens is 2. The number of hydrogen-bond acceptors (Lipinski definition) is 7. The van der Waals surface area contributed by atoms with Crippen LogP contribution in [0, 0.1) is 0 Å². The second kappa shape index (κ2) is 10.1. The van der Waals surface area contributed by atoms with Gasteiger partial charge in [-0.3, -0.25) is 9.59 Å². The van der Waals surface area contributed by atoms with Crippen molar-refractivity contribution in [2.75, 3.05) is 26.3 Å². The van der Waals surface area contributed by atoms with Crippen molar-refractivity contribution in [3.05, 3.63) is 41.0 Å². The van der Waals surface area contributed by atoms with Crippen LogP contribution in [0.3, 0.4) is 0 Å². The van der Waals surface area contributed by atoms with Gasteiger partial charge in [0.1, 0.15) is 18.0 Å². The summed E-state index contributed by atoms with van der Waals surface area (Å²) < 4.78 is 16.9. The molecule has 0 aliphatic carbocycles. The molecule has 2 aromatic rings. The van der Waals surface area contributed by atoms with Gasteiger partial charge in [0, 0.05) is 30.3 Å². The zero-order chi connectivity index (χ0) is 22.4. The monoisotopic (exact) mass is 450 g/mol. The molecule has 168 valence electrons. The smallest absolute Gasteiger partial charge is 0.227 e. The topological polar surface area (TPSA) is 121 Å². The minimum absolute atomic E-state index is 0.0637. The summed E-state index contributed by atoms with van der Waals surface area (Å²) in [6, 6.07) is 6.86. The van der Waals surface area contributed by atoms with E-state index in [2.05, 4.69) is 10.1 Å². The minimum atomic E-state index is -1.02. The van der Waals surface area contributed by atoms with E-state index in [1.807, 2.05) is 13.8 Å². The average Bonchev–Trinajstić information content (AvgIpc) is 3.21. The fourth-order valence-corrected chi connectivity index (χ4v) is 3.47. The Morgan fingerprint density at radius 3 is 2.71 bits per heavy atom. The average molecular weight is 451 g/mol. The summed E-state index contributed by atoms with van der Waals surface area (Å²) in [5.74, 6) is 1.17. The van der Waals surface area contributed by atoms with E-state index in [0.29, 0.717) is 35.5 Å². The number of benzene rings is 1. The molecule has 1 atom stereocenters. The molecule has 1 aliphatic heterocycles. The maximum Gasteiger partial charge on any atom is 0.227 e. The molecular formula is C21H27ClN4O5. The lowest BCUT2D eigenvalue weighted by Crippen LogP contribution is -2.58. The van der Waals surface area contributed by atoms with Crippen LogP contribution in [0.2, 0.25) is 5.02 Å². The number of rotatable bonds is 9. The van der Waals surface area contributed by atoms with E-state index in [1.54, 1.807) is 29.2 Å². The van der Waals surface area contributed by atoms with Crippen LogP contribution in [0.5, 0.6) is 5.75 Å². The largest absolute Gasteiger partial charge is 0.490 e. The van der Waals surface area contributed by atoms with Crippen molar-refractivity contribution in [2.45, 2.75) is 44.6 Å². The lowest BCUT2D eigenvalue weighted by molar-refractivity contribution is -0.161. The SMILES string of the molecule is CC(C)c1noc(CCC(=O)N2CCO[C@@](COc3ccc(Cl)cc3)(CC(N)=O)C2)n1. The van der Waals surface area contributed by atoms with E-state index in [1.165, 1.54) is 0 Å². The molecule has 9 nitrogen and oxygen atoms in total. The second-order valence-corrected chi connectivity index (χ2v) is 8.37. The molecule has 3 rings (SSSR count). The molecule has 1 saturated heterocycles. The number of halogens is 1. The normalized spacial score (nSPS) is 18.9. The molecule has 1 aliphatic rings. The first-order valence-corrected chi connectivity index (χ1v) is 10.5. The quantitative estimate of drug-likeness (QED) is 0.622. The highest BCUT2D eigenvalue weighted by Crippen LogP contribution is 2.25. The van der Waals surface area contributed by atoms with Gasteiger partial charge in [-0.1, -0.05) is 30.6 Å². The third-order valence-electron chi connectivity index (χ3n) is 4.97. The van der Waals surface area contributed by atoms with E-state index in [0.717, 1.165) is 0 Å². The number of morpholine rings is 1. The first kappa shape index (κ1) is 23.0. The van der Waals surface area contributed by atoms with Crippen LogP contribution in [0.15, 0.2) is 28.8 Å². The fourth-order valence-electron chi connectivity index (χ4n) is 3.34. The number of carbonyl (C=O) groups excluding carboxylic acids is 2. The Bertz CT molecular complexity index is 901. The van der Waals surface area contributed by atoms with Gasteiger partial charge >= 0.3 is 0 Å². The van der Waals surface area contributed by atoms with Crippen LogP contribution in [-0.2, 0) is 20.7 Å². The number of nitrogens with zero attached hydrogens (tertiary/aromatic N) is 3. The van der Waals surface area contributed by atoms with Crippen molar-refractivity contribution in [3.8, 4) is 5.75 Å². The van der Waals surface area contributed by atoms with Gasteiger partial charge in [0.05, 0.1) is 19.6 Å².